The highest BCUT2D eigenvalue weighted by atomic mass is 16.5. The van der Waals surface area contributed by atoms with Crippen LogP contribution in [0.1, 0.15) is 43.1 Å². The number of ether oxygens (including phenoxy) is 1. The highest BCUT2D eigenvalue weighted by Gasteiger charge is 2.28. The molecule has 1 fully saturated rings. The molecule has 3 nitrogen and oxygen atoms in total. The normalized spacial score (nSPS) is 27.3. The van der Waals surface area contributed by atoms with Gasteiger partial charge in [0.15, 0.2) is 0 Å². The number of likely N-dealkylation sites (tertiary alicyclic amines) is 1. The average molecular weight is 275 g/mol. The van der Waals surface area contributed by atoms with Crippen LogP contribution < -0.4 is 0 Å². The Labute approximate surface area is 121 Å². The first kappa shape index (κ1) is 15.0. The van der Waals surface area contributed by atoms with E-state index >= 15 is 0 Å². The number of nitrogens with zero attached hydrogens (tertiary/aromatic N) is 1. The van der Waals surface area contributed by atoms with Gasteiger partial charge in [-0.1, -0.05) is 26.0 Å². The molecule has 1 aliphatic heterocycles. The van der Waals surface area contributed by atoms with Crippen LogP contribution in [-0.4, -0.2) is 30.6 Å². The molecule has 0 aromatic heterocycles. The Morgan fingerprint density at radius 3 is 2.50 bits per heavy atom. The van der Waals surface area contributed by atoms with Gasteiger partial charge in [0.1, 0.15) is 0 Å². The van der Waals surface area contributed by atoms with E-state index < -0.39 is 0 Å². The molecule has 3 unspecified atom stereocenters. The lowest BCUT2D eigenvalue weighted by Crippen LogP contribution is -2.45. The molecular weight excluding hydrogens is 250 g/mol. The average Bonchev–Trinajstić information content (AvgIpc) is 2.44. The van der Waals surface area contributed by atoms with E-state index in [1.165, 1.54) is 19.1 Å². The Kier molecular flexibility index (Phi) is 4.81. The molecule has 1 aromatic carbocycles. The van der Waals surface area contributed by atoms with Crippen LogP contribution in [0.4, 0.5) is 0 Å². The van der Waals surface area contributed by atoms with Crippen molar-refractivity contribution in [1.82, 2.24) is 4.90 Å². The molecule has 2 rings (SSSR count). The van der Waals surface area contributed by atoms with Crippen molar-refractivity contribution >= 4 is 5.97 Å². The number of piperidine rings is 1. The molecule has 1 aromatic rings. The molecule has 1 heterocycles. The minimum atomic E-state index is -0.273. The Hall–Kier alpha value is -1.35. The van der Waals surface area contributed by atoms with E-state index in [0.717, 1.165) is 24.9 Å². The van der Waals surface area contributed by atoms with E-state index in [0.29, 0.717) is 11.6 Å². The molecular formula is C17H25NO2. The summed E-state index contributed by atoms with van der Waals surface area (Å²) in [5.41, 5.74) is 1.87. The van der Waals surface area contributed by atoms with Gasteiger partial charge in [-0.05, 0) is 42.9 Å². The van der Waals surface area contributed by atoms with Crippen LogP contribution in [0, 0.1) is 11.8 Å². The summed E-state index contributed by atoms with van der Waals surface area (Å²) in [7, 11) is 1.41. The van der Waals surface area contributed by atoms with Gasteiger partial charge in [0, 0.05) is 19.1 Å². The van der Waals surface area contributed by atoms with Gasteiger partial charge < -0.3 is 4.74 Å². The maximum absolute atomic E-state index is 11.4. The van der Waals surface area contributed by atoms with Gasteiger partial charge in [0.25, 0.3) is 0 Å². The number of carbonyl (C=O) groups is 1. The van der Waals surface area contributed by atoms with Gasteiger partial charge in [-0.15, -0.1) is 0 Å². The van der Waals surface area contributed by atoms with E-state index in [1.54, 1.807) is 0 Å². The van der Waals surface area contributed by atoms with Crippen molar-refractivity contribution < 1.29 is 9.53 Å². The standard InChI is InChI=1S/C17H25NO2/c1-12-9-13(2)14(3)18(10-12)11-15-5-7-16(8-6-15)17(19)20-4/h5-8,12-14H,9-11H2,1-4H3. The van der Waals surface area contributed by atoms with Gasteiger partial charge in [0.05, 0.1) is 12.7 Å². The van der Waals surface area contributed by atoms with E-state index in [9.17, 15) is 4.79 Å². The zero-order valence-corrected chi connectivity index (χ0v) is 12.9. The molecule has 3 atom stereocenters. The molecule has 0 radical (unpaired) electrons. The zero-order valence-electron chi connectivity index (χ0n) is 12.9. The van der Waals surface area contributed by atoms with Gasteiger partial charge >= 0.3 is 5.97 Å². The van der Waals surface area contributed by atoms with E-state index in [1.807, 2.05) is 24.3 Å². The van der Waals surface area contributed by atoms with Gasteiger partial charge in [-0.3, -0.25) is 4.90 Å². The molecule has 3 heteroatoms. The Morgan fingerprint density at radius 2 is 1.90 bits per heavy atom. The molecule has 0 bridgehead atoms. The third kappa shape index (κ3) is 3.40. The lowest BCUT2D eigenvalue weighted by Gasteiger charge is -2.41. The van der Waals surface area contributed by atoms with Crippen LogP contribution in [0.2, 0.25) is 0 Å². The van der Waals surface area contributed by atoms with Crippen molar-refractivity contribution in [2.75, 3.05) is 13.7 Å². The first-order chi connectivity index (χ1) is 9.51. The number of esters is 1. The quantitative estimate of drug-likeness (QED) is 0.792. The monoisotopic (exact) mass is 275 g/mol. The molecule has 1 aliphatic rings. The summed E-state index contributed by atoms with van der Waals surface area (Å²) in [6.07, 6.45) is 1.32. The number of rotatable bonds is 3. The second kappa shape index (κ2) is 6.40. The maximum Gasteiger partial charge on any atom is 0.337 e. The molecule has 0 amide bonds. The van der Waals surface area contributed by atoms with Crippen LogP contribution in [0.15, 0.2) is 24.3 Å². The Morgan fingerprint density at radius 1 is 1.25 bits per heavy atom. The van der Waals surface area contributed by atoms with Crippen LogP contribution in [-0.2, 0) is 11.3 Å². The van der Waals surface area contributed by atoms with Crippen molar-refractivity contribution in [3.05, 3.63) is 35.4 Å². The smallest absolute Gasteiger partial charge is 0.337 e. The fraction of sp³-hybridized carbons (Fsp3) is 0.588. The van der Waals surface area contributed by atoms with Gasteiger partial charge in [0.2, 0.25) is 0 Å². The minimum Gasteiger partial charge on any atom is -0.465 e. The predicted octanol–water partition coefficient (Wildman–Crippen LogP) is 3.34. The van der Waals surface area contributed by atoms with Crippen LogP contribution in [0.5, 0.6) is 0 Å². The molecule has 0 N–H and O–H groups in total. The minimum absolute atomic E-state index is 0.273. The second-order valence-electron chi connectivity index (χ2n) is 6.18. The summed E-state index contributed by atoms with van der Waals surface area (Å²) >= 11 is 0. The lowest BCUT2D eigenvalue weighted by atomic mass is 9.86. The SMILES string of the molecule is COC(=O)c1ccc(CN2CC(C)CC(C)C2C)cc1. The summed E-state index contributed by atoms with van der Waals surface area (Å²) < 4.78 is 4.72. The van der Waals surface area contributed by atoms with E-state index in [-0.39, 0.29) is 5.97 Å². The number of hydrogen-bond donors (Lipinski definition) is 0. The summed E-state index contributed by atoms with van der Waals surface area (Å²) in [5, 5.41) is 0. The van der Waals surface area contributed by atoms with Crippen LogP contribution in [0.3, 0.4) is 0 Å². The van der Waals surface area contributed by atoms with E-state index in [4.69, 9.17) is 4.74 Å². The highest BCUT2D eigenvalue weighted by molar-refractivity contribution is 5.89. The third-order valence-corrected chi connectivity index (χ3v) is 4.48. The number of carbonyl (C=O) groups excluding carboxylic acids is 1. The van der Waals surface area contributed by atoms with Crippen molar-refractivity contribution in [3.8, 4) is 0 Å². The van der Waals surface area contributed by atoms with Gasteiger partial charge in [-0.25, -0.2) is 4.79 Å². The zero-order chi connectivity index (χ0) is 14.7. The fourth-order valence-corrected chi connectivity index (χ4v) is 3.14. The lowest BCUT2D eigenvalue weighted by molar-refractivity contribution is 0.0600. The Bertz CT molecular complexity index is 455. The molecule has 0 aliphatic carbocycles. The van der Waals surface area contributed by atoms with E-state index in [2.05, 4.69) is 25.7 Å². The topological polar surface area (TPSA) is 29.5 Å². The summed E-state index contributed by atoms with van der Waals surface area (Å²) in [4.78, 5) is 14.0. The summed E-state index contributed by atoms with van der Waals surface area (Å²) in [6.45, 7) is 9.10. The van der Waals surface area contributed by atoms with Gasteiger partial charge in [-0.2, -0.15) is 0 Å². The number of methoxy groups -OCH3 is 1. The van der Waals surface area contributed by atoms with Crippen LogP contribution in [0.25, 0.3) is 0 Å². The largest absolute Gasteiger partial charge is 0.465 e. The second-order valence-corrected chi connectivity index (χ2v) is 6.18. The number of hydrogen-bond acceptors (Lipinski definition) is 3. The molecule has 1 saturated heterocycles. The van der Waals surface area contributed by atoms with Crippen molar-refractivity contribution in [2.24, 2.45) is 11.8 Å². The third-order valence-electron chi connectivity index (χ3n) is 4.48. The Balaban J connectivity index is 2.04. The molecule has 20 heavy (non-hydrogen) atoms. The van der Waals surface area contributed by atoms with Crippen molar-refractivity contribution in [2.45, 2.75) is 39.8 Å². The number of benzene rings is 1. The first-order valence-corrected chi connectivity index (χ1v) is 7.42. The first-order valence-electron chi connectivity index (χ1n) is 7.42. The van der Waals surface area contributed by atoms with Crippen LogP contribution >= 0.6 is 0 Å². The molecule has 0 saturated carbocycles. The summed E-state index contributed by atoms with van der Waals surface area (Å²) in [6, 6.07) is 8.38. The highest BCUT2D eigenvalue weighted by Crippen LogP contribution is 2.28. The molecule has 110 valence electrons. The maximum atomic E-state index is 11.4. The summed E-state index contributed by atoms with van der Waals surface area (Å²) in [5.74, 6) is 1.23. The van der Waals surface area contributed by atoms with Crippen molar-refractivity contribution in [1.29, 1.82) is 0 Å². The van der Waals surface area contributed by atoms with Crippen molar-refractivity contribution in [3.63, 3.8) is 0 Å². The molecule has 0 spiro atoms. The predicted molar refractivity (Wildman–Crippen MR) is 80.6 cm³/mol. The fourth-order valence-electron chi connectivity index (χ4n) is 3.14.